The van der Waals surface area contributed by atoms with Crippen molar-refractivity contribution in [1.29, 1.82) is 0 Å². The lowest BCUT2D eigenvalue weighted by atomic mass is 9.94. The second-order valence-corrected chi connectivity index (χ2v) is 5.57. The van der Waals surface area contributed by atoms with Gasteiger partial charge in [0.2, 0.25) is 0 Å². The van der Waals surface area contributed by atoms with Gasteiger partial charge in [-0.1, -0.05) is 6.07 Å². The van der Waals surface area contributed by atoms with Crippen LogP contribution in [0.4, 0.5) is 0 Å². The van der Waals surface area contributed by atoms with Crippen LogP contribution in [0.5, 0.6) is 11.5 Å². The zero-order valence-corrected chi connectivity index (χ0v) is 12.8. The molecule has 2 N–H and O–H groups in total. The number of piperidine rings is 1. The first-order valence-corrected chi connectivity index (χ1v) is 7.45. The lowest BCUT2D eigenvalue weighted by Crippen LogP contribution is -2.32. The van der Waals surface area contributed by atoms with Crippen LogP contribution in [0.25, 0.3) is 0 Å². The van der Waals surface area contributed by atoms with Gasteiger partial charge in [0.1, 0.15) is 0 Å². The summed E-state index contributed by atoms with van der Waals surface area (Å²) in [6.07, 6.45) is 3.35. The Balaban J connectivity index is 1.95. The number of phenols is 1. The van der Waals surface area contributed by atoms with Crippen LogP contribution < -0.4 is 10.1 Å². The number of phenolic OH excluding ortho intramolecular Hbond substituents is 1. The van der Waals surface area contributed by atoms with Gasteiger partial charge >= 0.3 is 0 Å². The molecule has 1 aliphatic rings. The van der Waals surface area contributed by atoms with Crippen LogP contribution in [0.3, 0.4) is 0 Å². The van der Waals surface area contributed by atoms with E-state index in [0.29, 0.717) is 23.8 Å². The van der Waals surface area contributed by atoms with Gasteiger partial charge in [0.25, 0.3) is 5.91 Å². The van der Waals surface area contributed by atoms with Crippen LogP contribution in [-0.4, -0.2) is 49.7 Å². The number of hydrogen-bond donors (Lipinski definition) is 2. The summed E-state index contributed by atoms with van der Waals surface area (Å²) in [5.41, 5.74) is 0.294. The molecule has 1 aromatic carbocycles. The van der Waals surface area contributed by atoms with Gasteiger partial charge in [-0.05, 0) is 50.4 Å². The number of nitrogens with one attached hydrogen (secondary N) is 1. The maximum absolute atomic E-state index is 12.4. The maximum Gasteiger partial charge on any atom is 0.257 e. The van der Waals surface area contributed by atoms with E-state index in [1.165, 1.54) is 20.0 Å². The fourth-order valence-electron chi connectivity index (χ4n) is 2.71. The second kappa shape index (κ2) is 7.31. The van der Waals surface area contributed by atoms with Crippen molar-refractivity contribution in [2.24, 2.45) is 5.92 Å². The Hall–Kier alpha value is -1.75. The summed E-state index contributed by atoms with van der Waals surface area (Å²) in [4.78, 5) is 14.1. The molecule has 1 heterocycles. The number of nitrogens with zero attached hydrogens (tertiary/aromatic N) is 1. The quantitative estimate of drug-likeness (QED) is 0.869. The van der Waals surface area contributed by atoms with Crippen molar-refractivity contribution in [2.75, 3.05) is 33.8 Å². The van der Waals surface area contributed by atoms with E-state index in [1.54, 1.807) is 30.1 Å². The number of benzene rings is 1. The number of rotatable bonds is 5. The highest BCUT2D eigenvalue weighted by Crippen LogP contribution is 2.30. The molecule has 1 amide bonds. The van der Waals surface area contributed by atoms with Crippen molar-refractivity contribution >= 4 is 5.91 Å². The van der Waals surface area contributed by atoms with Crippen LogP contribution >= 0.6 is 0 Å². The largest absolute Gasteiger partial charge is 0.504 e. The number of carbonyl (C=O) groups is 1. The summed E-state index contributed by atoms with van der Waals surface area (Å²) in [5.74, 6) is 0.757. The molecule has 0 radical (unpaired) electrons. The monoisotopic (exact) mass is 292 g/mol. The average molecular weight is 292 g/mol. The molecule has 0 atom stereocenters. The molecule has 116 valence electrons. The molecule has 0 aromatic heterocycles. The number of carbonyl (C=O) groups excluding carboxylic acids is 1. The van der Waals surface area contributed by atoms with Gasteiger partial charge < -0.3 is 20.1 Å². The van der Waals surface area contributed by atoms with Crippen molar-refractivity contribution in [3.63, 3.8) is 0 Å². The minimum absolute atomic E-state index is 0.0845. The van der Waals surface area contributed by atoms with Crippen molar-refractivity contribution in [3.05, 3.63) is 23.8 Å². The zero-order valence-electron chi connectivity index (χ0n) is 12.8. The molecular formula is C16H24N2O3. The normalized spacial score (nSPS) is 15.7. The number of methoxy groups -OCH3 is 1. The van der Waals surface area contributed by atoms with Crippen molar-refractivity contribution in [3.8, 4) is 11.5 Å². The molecule has 0 spiro atoms. The molecule has 0 saturated carbocycles. The molecule has 2 rings (SSSR count). The molecule has 1 aliphatic heterocycles. The highest BCUT2D eigenvalue weighted by atomic mass is 16.5. The van der Waals surface area contributed by atoms with Gasteiger partial charge in [0.15, 0.2) is 11.5 Å². The first-order valence-electron chi connectivity index (χ1n) is 7.45. The molecule has 0 bridgehead atoms. The molecule has 1 aromatic rings. The highest BCUT2D eigenvalue weighted by Gasteiger charge is 2.20. The standard InChI is InChI=1S/C16H24N2O3/c1-18(11-8-12-6-9-17-10-7-12)16(20)13-4-3-5-14(21-2)15(13)19/h3-5,12,17,19H,6-11H2,1-2H3. The smallest absolute Gasteiger partial charge is 0.257 e. The van der Waals surface area contributed by atoms with E-state index in [-0.39, 0.29) is 11.7 Å². The fraction of sp³-hybridized carbons (Fsp3) is 0.562. The van der Waals surface area contributed by atoms with Crippen LogP contribution in [0.1, 0.15) is 29.6 Å². The Labute approximate surface area is 125 Å². The second-order valence-electron chi connectivity index (χ2n) is 5.57. The van der Waals surface area contributed by atoms with Gasteiger partial charge in [-0.2, -0.15) is 0 Å². The molecule has 1 fully saturated rings. The minimum atomic E-state index is -0.166. The summed E-state index contributed by atoms with van der Waals surface area (Å²) in [5, 5.41) is 13.4. The van der Waals surface area contributed by atoms with E-state index in [9.17, 15) is 9.90 Å². The number of ether oxygens (including phenoxy) is 1. The van der Waals surface area contributed by atoms with E-state index >= 15 is 0 Å². The Kier molecular flexibility index (Phi) is 5.44. The third-order valence-electron chi connectivity index (χ3n) is 4.13. The maximum atomic E-state index is 12.4. The fourth-order valence-corrected chi connectivity index (χ4v) is 2.71. The topological polar surface area (TPSA) is 61.8 Å². The predicted molar refractivity (Wildman–Crippen MR) is 81.8 cm³/mol. The molecular weight excluding hydrogens is 268 g/mol. The van der Waals surface area contributed by atoms with Gasteiger partial charge in [-0.3, -0.25) is 4.79 Å². The zero-order chi connectivity index (χ0) is 15.2. The van der Waals surface area contributed by atoms with Crippen LogP contribution in [0.2, 0.25) is 0 Å². The third kappa shape index (κ3) is 3.88. The van der Waals surface area contributed by atoms with Gasteiger partial charge in [-0.25, -0.2) is 0 Å². The molecule has 1 saturated heterocycles. The highest BCUT2D eigenvalue weighted by molar-refractivity contribution is 5.97. The molecule has 21 heavy (non-hydrogen) atoms. The summed E-state index contributed by atoms with van der Waals surface area (Å²) < 4.78 is 5.04. The minimum Gasteiger partial charge on any atom is -0.504 e. The van der Waals surface area contributed by atoms with E-state index < -0.39 is 0 Å². The lowest BCUT2D eigenvalue weighted by molar-refractivity contribution is 0.0781. The van der Waals surface area contributed by atoms with E-state index in [0.717, 1.165) is 19.5 Å². The number of para-hydroxylation sites is 1. The number of aromatic hydroxyl groups is 1. The summed E-state index contributed by atoms with van der Waals surface area (Å²) >= 11 is 0. The number of amides is 1. The van der Waals surface area contributed by atoms with Gasteiger partial charge in [-0.15, -0.1) is 0 Å². The first kappa shape index (κ1) is 15.6. The van der Waals surface area contributed by atoms with Crippen molar-refractivity contribution in [1.82, 2.24) is 10.2 Å². The van der Waals surface area contributed by atoms with Crippen molar-refractivity contribution < 1.29 is 14.6 Å². The van der Waals surface area contributed by atoms with Crippen molar-refractivity contribution in [2.45, 2.75) is 19.3 Å². The molecule has 0 aliphatic carbocycles. The van der Waals surface area contributed by atoms with Crippen LogP contribution in [0, 0.1) is 5.92 Å². The molecule has 5 nitrogen and oxygen atoms in total. The predicted octanol–water partition coefficient (Wildman–Crippen LogP) is 1.86. The third-order valence-corrected chi connectivity index (χ3v) is 4.13. The average Bonchev–Trinajstić information content (AvgIpc) is 2.53. The summed E-state index contributed by atoms with van der Waals surface area (Å²) in [7, 11) is 3.26. The lowest BCUT2D eigenvalue weighted by Gasteiger charge is -2.25. The van der Waals surface area contributed by atoms with Gasteiger partial charge in [0, 0.05) is 13.6 Å². The summed E-state index contributed by atoms with van der Waals surface area (Å²) in [6, 6.07) is 4.98. The Morgan fingerprint density at radius 3 is 2.81 bits per heavy atom. The van der Waals surface area contributed by atoms with E-state index in [2.05, 4.69) is 5.32 Å². The Bertz CT molecular complexity index is 484. The Morgan fingerprint density at radius 2 is 2.14 bits per heavy atom. The Morgan fingerprint density at radius 1 is 1.43 bits per heavy atom. The van der Waals surface area contributed by atoms with Crippen LogP contribution in [-0.2, 0) is 0 Å². The molecule has 5 heteroatoms. The first-order chi connectivity index (χ1) is 10.1. The summed E-state index contributed by atoms with van der Waals surface area (Å²) in [6.45, 7) is 2.85. The van der Waals surface area contributed by atoms with E-state index in [1.807, 2.05) is 0 Å². The van der Waals surface area contributed by atoms with E-state index in [4.69, 9.17) is 4.74 Å². The van der Waals surface area contributed by atoms with Gasteiger partial charge in [0.05, 0.1) is 12.7 Å². The molecule has 0 unspecified atom stereocenters. The number of hydrogen-bond acceptors (Lipinski definition) is 4. The SMILES string of the molecule is COc1cccc(C(=O)N(C)CCC2CCNCC2)c1O. The van der Waals surface area contributed by atoms with Crippen LogP contribution in [0.15, 0.2) is 18.2 Å².